The first-order valence-electron chi connectivity index (χ1n) is 5.97. The van der Waals surface area contributed by atoms with E-state index in [1.54, 1.807) is 6.07 Å². The summed E-state index contributed by atoms with van der Waals surface area (Å²) in [7, 11) is 1.89. The lowest BCUT2D eigenvalue weighted by Gasteiger charge is -2.20. The number of pyridine rings is 1. The Kier molecular flexibility index (Phi) is 4.17. The van der Waals surface area contributed by atoms with Crippen molar-refractivity contribution >= 4 is 40.5 Å². The van der Waals surface area contributed by atoms with Gasteiger partial charge in [-0.1, -0.05) is 42.3 Å². The largest absolute Gasteiger partial charge is 0.382 e. The van der Waals surface area contributed by atoms with E-state index in [-0.39, 0.29) is 5.82 Å². The third-order valence-electron chi connectivity index (χ3n) is 2.99. The van der Waals surface area contributed by atoms with Gasteiger partial charge in [0.05, 0.1) is 10.0 Å². The van der Waals surface area contributed by atoms with Gasteiger partial charge >= 0.3 is 0 Å². The summed E-state index contributed by atoms with van der Waals surface area (Å²) in [6.07, 6.45) is 1.01. The Labute approximate surface area is 123 Å². The van der Waals surface area contributed by atoms with Gasteiger partial charge in [0, 0.05) is 12.7 Å². The van der Waals surface area contributed by atoms with Gasteiger partial charge in [0.15, 0.2) is 5.82 Å². The number of hydrogen-bond acceptors (Lipinski definition) is 3. The molecule has 0 radical (unpaired) electrons. The normalized spacial score (nSPS) is 10.5. The topological polar surface area (TPSA) is 42.2 Å². The van der Waals surface area contributed by atoms with Gasteiger partial charge in [-0.25, -0.2) is 4.98 Å². The second kappa shape index (κ2) is 5.68. The molecular formula is C14H15Cl2N3. The molecule has 0 fully saturated rings. The molecule has 5 heteroatoms. The summed E-state index contributed by atoms with van der Waals surface area (Å²) in [5.74, 6) is 0.867. The molecule has 1 heterocycles. The fourth-order valence-electron chi connectivity index (χ4n) is 1.78. The molecule has 0 aliphatic rings. The van der Waals surface area contributed by atoms with E-state index in [4.69, 9.17) is 28.9 Å². The average molecular weight is 296 g/mol. The molecule has 0 spiro atoms. The summed E-state index contributed by atoms with van der Waals surface area (Å²) in [6, 6.07) is 9.83. The zero-order chi connectivity index (χ0) is 14.0. The Morgan fingerprint density at radius 1 is 1.16 bits per heavy atom. The predicted molar refractivity (Wildman–Crippen MR) is 82.6 cm³/mol. The maximum atomic E-state index is 6.16. The van der Waals surface area contributed by atoms with Crippen molar-refractivity contribution in [2.24, 2.45) is 0 Å². The average Bonchev–Trinajstić information content (AvgIpc) is 2.42. The van der Waals surface area contributed by atoms with E-state index in [0.717, 1.165) is 12.1 Å². The second-order valence-electron chi connectivity index (χ2n) is 4.24. The molecule has 0 aliphatic heterocycles. The third-order valence-corrected chi connectivity index (χ3v) is 3.57. The van der Waals surface area contributed by atoms with Crippen molar-refractivity contribution in [3.8, 4) is 0 Å². The number of aromatic nitrogens is 1. The fraction of sp³-hybridized carbons (Fsp3) is 0.214. The minimum absolute atomic E-state index is 0.276. The van der Waals surface area contributed by atoms with Crippen LogP contribution in [0.5, 0.6) is 0 Å². The summed E-state index contributed by atoms with van der Waals surface area (Å²) in [5.41, 5.74) is 8.00. The van der Waals surface area contributed by atoms with Crippen LogP contribution in [0.2, 0.25) is 10.0 Å². The van der Waals surface area contributed by atoms with Crippen molar-refractivity contribution in [2.75, 3.05) is 17.7 Å². The maximum Gasteiger partial charge on any atom is 0.154 e. The molecule has 0 saturated carbocycles. The third kappa shape index (κ3) is 2.94. The van der Waals surface area contributed by atoms with Gasteiger partial charge in [-0.05, 0) is 30.2 Å². The Morgan fingerprint density at radius 2 is 1.79 bits per heavy atom. The van der Waals surface area contributed by atoms with Crippen LogP contribution in [0.3, 0.4) is 0 Å². The molecule has 0 aliphatic carbocycles. The van der Waals surface area contributed by atoms with E-state index in [0.29, 0.717) is 15.9 Å². The SMILES string of the molecule is CCc1ccc(N(C)c2nc(N)c(Cl)cc2Cl)cc1. The van der Waals surface area contributed by atoms with Crippen molar-refractivity contribution in [3.63, 3.8) is 0 Å². The Hall–Kier alpha value is -1.45. The van der Waals surface area contributed by atoms with Crippen LogP contribution in [0.25, 0.3) is 0 Å². The van der Waals surface area contributed by atoms with Crippen molar-refractivity contribution < 1.29 is 0 Å². The number of hydrogen-bond donors (Lipinski definition) is 1. The number of aryl methyl sites for hydroxylation is 1. The van der Waals surface area contributed by atoms with Gasteiger partial charge in [-0.2, -0.15) is 0 Å². The van der Waals surface area contributed by atoms with Gasteiger partial charge in [0.25, 0.3) is 0 Å². The van der Waals surface area contributed by atoms with Gasteiger partial charge in [0.2, 0.25) is 0 Å². The molecule has 0 saturated heterocycles. The van der Waals surface area contributed by atoms with Crippen LogP contribution in [0.15, 0.2) is 30.3 Å². The van der Waals surface area contributed by atoms with Crippen molar-refractivity contribution in [3.05, 3.63) is 45.9 Å². The van der Waals surface area contributed by atoms with E-state index in [1.165, 1.54) is 5.56 Å². The first-order valence-corrected chi connectivity index (χ1v) is 6.72. The van der Waals surface area contributed by atoms with E-state index >= 15 is 0 Å². The summed E-state index contributed by atoms with van der Waals surface area (Å²) < 4.78 is 0. The van der Waals surface area contributed by atoms with Crippen LogP contribution in [0, 0.1) is 0 Å². The monoisotopic (exact) mass is 295 g/mol. The molecule has 0 atom stereocenters. The number of anilines is 3. The Bertz CT molecular complexity index is 582. The van der Waals surface area contributed by atoms with E-state index in [1.807, 2.05) is 24.1 Å². The molecule has 2 N–H and O–H groups in total. The second-order valence-corrected chi connectivity index (χ2v) is 5.05. The molecule has 1 aromatic carbocycles. The highest BCUT2D eigenvalue weighted by molar-refractivity contribution is 6.37. The zero-order valence-electron chi connectivity index (χ0n) is 10.8. The minimum Gasteiger partial charge on any atom is -0.382 e. The highest BCUT2D eigenvalue weighted by Crippen LogP contribution is 2.33. The first-order chi connectivity index (χ1) is 9.02. The molecule has 2 aromatic rings. The van der Waals surface area contributed by atoms with Crippen LogP contribution in [-0.4, -0.2) is 12.0 Å². The maximum absolute atomic E-state index is 6.16. The lowest BCUT2D eigenvalue weighted by atomic mass is 10.1. The molecule has 0 bridgehead atoms. The highest BCUT2D eigenvalue weighted by atomic mass is 35.5. The van der Waals surface area contributed by atoms with Crippen molar-refractivity contribution in [1.29, 1.82) is 0 Å². The van der Waals surface area contributed by atoms with E-state index in [2.05, 4.69) is 24.0 Å². The fourth-order valence-corrected chi connectivity index (χ4v) is 2.27. The number of nitrogens with zero attached hydrogens (tertiary/aromatic N) is 2. The summed E-state index contributed by atoms with van der Waals surface area (Å²) in [6.45, 7) is 2.12. The lowest BCUT2D eigenvalue weighted by Crippen LogP contribution is -2.12. The minimum atomic E-state index is 0.276. The van der Waals surface area contributed by atoms with Gasteiger partial charge in [0.1, 0.15) is 5.82 Å². The van der Waals surface area contributed by atoms with Crippen LogP contribution in [0.4, 0.5) is 17.3 Å². The lowest BCUT2D eigenvalue weighted by molar-refractivity contribution is 1.11. The van der Waals surface area contributed by atoms with Crippen LogP contribution in [0.1, 0.15) is 12.5 Å². The summed E-state index contributed by atoms with van der Waals surface area (Å²) in [5, 5.41) is 0.838. The quantitative estimate of drug-likeness (QED) is 0.918. The molecule has 1 aromatic heterocycles. The summed E-state index contributed by atoms with van der Waals surface area (Å²) in [4.78, 5) is 6.11. The van der Waals surface area contributed by atoms with E-state index in [9.17, 15) is 0 Å². The van der Waals surface area contributed by atoms with Crippen LogP contribution >= 0.6 is 23.2 Å². The van der Waals surface area contributed by atoms with Crippen LogP contribution < -0.4 is 10.6 Å². The number of nitrogens with two attached hydrogens (primary N) is 1. The summed E-state index contributed by atoms with van der Waals surface area (Å²) >= 11 is 12.0. The molecule has 19 heavy (non-hydrogen) atoms. The molecule has 2 rings (SSSR count). The van der Waals surface area contributed by atoms with Gasteiger partial charge < -0.3 is 10.6 Å². The molecular weight excluding hydrogens is 281 g/mol. The molecule has 0 amide bonds. The van der Waals surface area contributed by atoms with Crippen LogP contribution in [-0.2, 0) is 6.42 Å². The molecule has 0 unspecified atom stereocenters. The standard InChI is InChI=1S/C14H15Cl2N3/c1-3-9-4-6-10(7-5-9)19(2)14-12(16)8-11(15)13(17)18-14/h4-8H,3H2,1-2H3,(H2,17,18). The van der Waals surface area contributed by atoms with E-state index < -0.39 is 0 Å². The Morgan fingerprint density at radius 3 is 2.37 bits per heavy atom. The van der Waals surface area contributed by atoms with Crippen molar-refractivity contribution in [2.45, 2.75) is 13.3 Å². The molecule has 3 nitrogen and oxygen atoms in total. The van der Waals surface area contributed by atoms with Crippen molar-refractivity contribution in [1.82, 2.24) is 4.98 Å². The Balaban J connectivity index is 2.37. The van der Waals surface area contributed by atoms with Gasteiger partial charge in [-0.15, -0.1) is 0 Å². The number of benzene rings is 1. The smallest absolute Gasteiger partial charge is 0.154 e. The number of halogens is 2. The predicted octanol–water partition coefficient (Wildman–Crippen LogP) is 4.30. The zero-order valence-corrected chi connectivity index (χ0v) is 12.3. The number of nitrogen functional groups attached to an aromatic ring is 1. The van der Waals surface area contributed by atoms with Gasteiger partial charge in [-0.3, -0.25) is 0 Å². The molecule has 100 valence electrons. The number of rotatable bonds is 3. The highest BCUT2D eigenvalue weighted by Gasteiger charge is 2.12. The first kappa shape index (κ1) is 14.0.